The summed E-state index contributed by atoms with van der Waals surface area (Å²) in [5.74, 6) is 0.230. The minimum absolute atomic E-state index is 0.0196. The van der Waals surface area contributed by atoms with Crippen molar-refractivity contribution in [3.05, 3.63) is 77.7 Å². The van der Waals surface area contributed by atoms with E-state index in [1.165, 1.54) is 22.5 Å². The van der Waals surface area contributed by atoms with Gasteiger partial charge in [0, 0.05) is 37.4 Å². The molecule has 0 atom stereocenters. The van der Waals surface area contributed by atoms with Crippen LogP contribution in [0.25, 0.3) is 11.1 Å². The van der Waals surface area contributed by atoms with Gasteiger partial charge in [0.15, 0.2) is 0 Å². The Labute approximate surface area is 174 Å². The molecule has 0 spiro atoms. The van der Waals surface area contributed by atoms with E-state index in [1.807, 2.05) is 36.4 Å². The fourth-order valence-corrected chi connectivity index (χ4v) is 4.93. The van der Waals surface area contributed by atoms with Gasteiger partial charge in [0.2, 0.25) is 10.0 Å². The fraction of sp³-hybridized carbons (Fsp3) is 0.190. The number of hydrogen-bond acceptors (Lipinski definition) is 4. The maximum atomic E-state index is 13.4. The summed E-state index contributed by atoms with van der Waals surface area (Å²) in [6.07, 6.45) is 1.75. The number of nitrogens with zero attached hydrogens (tertiary/aromatic N) is 3. The zero-order chi connectivity index (χ0) is 20.4. The van der Waals surface area contributed by atoms with Gasteiger partial charge in [0.1, 0.15) is 11.6 Å². The predicted octanol–water partition coefficient (Wildman–Crippen LogP) is 4.05. The molecule has 8 heteroatoms. The molecule has 1 fully saturated rings. The summed E-state index contributed by atoms with van der Waals surface area (Å²) in [5, 5.41) is 0.679. The Bertz CT molecular complexity index is 1110. The number of aromatic nitrogens is 1. The van der Waals surface area contributed by atoms with Crippen LogP contribution >= 0.6 is 11.6 Å². The van der Waals surface area contributed by atoms with Gasteiger partial charge in [-0.05, 0) is 53.6 Å². The van der Waals surface area contributed by atoms with Crippen LogP contribution < -0.4 is 4.90 Å². The Kier molecular flexibility index (Phi) is 5.54. The molecule has 0 saturated carbocycles. The predicted molar refractivity (Wildman–Crippen MR) is 112 cm³/mol. The second-order valence-corrected chi connectivity index (χ2v) is 9.13. The van der Waals surface area contributed by atoms with Gasteiger partial charge in [-0.15, -0.1) is 0 Å². The smallest absolute Gasteiger partial charge is 0.243 e. The quantitative estimate of drug-likeness (QED) is 0.625. The first-order valence-electron chi connectivity index (χ1n) is 9.16. The van der Waals surface area contributed by atoms with Gasteiger partial charge in [-0.1, -0.05) is 29.8 Å². The molecule has 1 aliphatic rings. The number of anilines is 1. The lowest BCUT2D eigenvalue weighted by atomic mass is 10.1. The molecule has 0 radical (unpaired) electrons. The fourth-order valence-electron chi connectivity index (χ4n) is 3.35. The molecule has 2 heterocycles. The molecule has 3 aromatic rings. The maximum absolute atomic E-state index is 13.4. The highest BCUT2D eigenvalue weighted by molar-refractivity contribution is 7.89. The Balaban J connectivity index is 1.49. The van der Waals surface area contributed by atoms with E-state index >= 15 is 0 Å². The molecule has 0 aliphatic carbocycles. The number of sulfonamides is 1. The van der Waals surface area contributed by atoms with Crippen molar-refractivity contribution in [1.82, 2.24) is 9.29 Å². The minimum Gasteiger partial charge on any atom is -0.354 e. The number of benzene rings is 2. The lowest BCUT2D eigenvalue weighted by Gasteiger charge is -2.34. The molecular formula is C21H19ClFN3O2S. The summed E-state index contributed by atoms with van der Waals surface area (Å²) in [6.45, 7) is 1.63. The molecule has 0 unspecified atom stereocenters. The van der Waals surface area contributed by atoms with Crippen molar-refractivity contribution in [3.8, 4) is 11.1 Å². The first kappa shape index (κ1) is 19.8. The summed E-state index contributed by atoms with van der Waals surface area (Å²) in [6, 6.07) is 16.6. The van der Waals surface area contributed by atoms with Crippen LogP contribution in [0.4, 0.5) is 10.2 Å². The highest BCUT2D eigenvalue weighted by atomic mass is 35.5. The first-order chi connectivity index (χ1) is 13.9. The van der Waals surface area contributed by atoms with Crippen LogP contribution in [0, 0.1) is 5.82 Å². The average Bonchev–Trinajstić information content (AvgIpc) is 2.74. The summed E-state index contributed by atoms with van der Waals surface area (Å²) >= 11 is 5.96. The molecule has 150 valence electrons. The number of hydrogen-bond donors (Lipinski definition) is 0. The SMILES string of the molecule is O=S(=O)(c1cccc(F)c1)N1CCN(c2cc(-c3ccc(Cl)cc3)ccn2)CC1. The molecule has 4 rings (SSSR count). The van der Waals surface area contributed by atoms with Gasteiger partial charge >= 0.3 is 0 Å². The van der Waals surface area contributed by atoms with Crippen LogP contribution in [0.15, 0.2) is 71.8 Å². The Morgan fingerprint density at radius 2 is 1.62 bits per heavy atom. The molecule has 0 bridgehead atoms. The van der Waals surface area contributed by atoms with Gasteiger partial charge in [-0.25, -0.2) is 17.8 Å². The van der Waals surface area contributed by atoms with Crippen LogP contribution in [0.3, 0.4) is 0 Å². The van der Waals surface area contributed by atoms with Crippen LogP contribution in [-0.2, 0) is 10.0 Å². The van der Waals surface area contributed by atoms with E-state index in [0.29, 0.717) is 31.2 Å². The highest BCUT2D eigenvalue weighted by Crippen LogP contribution is 2.26. The lowest BCUT2D eigenvalue weighted by Crippen LogP contribution is -2.48. The summed E-state index contributed by atoms with van der Waals surface area (Å²) < 4.78 is 40.4. The van der Waals surface area contributed by atoms with E-state index in [1.54, 1.807) is 6.20 Å². The Hall–Kier alpha value is -2.48. The molecular weight excluding hydrogens is 413 g/mol. The van der Waals surface area contributed by atoms with Crippen LogP contribution in [0.2, 0.25) is 5.02 Å². The average molecular weight is 432 g/mol. The van der Waals surface area contributed by atoms with E-state index in [2.05, 4.69) is 9.88 Å². The van der Waals surface area contributed by atoms with E-state index in [0.717, 1.165) is 23.0 Å². The van der Waals surface area contributed by atoms with Gasteiger partial charge in [0.05, 0.1) is 4.90 Å². The van der Waals surface area contributed by atoms with Crippen molar-refractivity contribution < 1.29 is 12.8 Å². The molecule has 29 heavy (non-hydrogen) atoms. The summed E-state index contributed by atoms with van der Waals surface area (Å²) in [5.41, 5.74) is 2.05. The van der Waals surface area contributed by atoms with Crippen molar-refractivity contribution >= 4 is 27.4 Å². The van der Waals surface area contributed by atoms with E-state index in [-0.39, 0.29) is 4.90 Å². The van der Waals surface area contributed by atoms with Gasteiger partial charge in [-0.2, -0.15) is 4.31 Å². The van der Waals surface area contributed by atoms with Crippen molar-refractivity contribution in [1.29, 1.82) is 0 Å². The third kappa shape index (κ3) is 4.27. The number of rotatable bonds is 4. The van der Waals surface area contributed by atoms with Crippen molar-refractivity contribution in [2.24, 2.45) is 0 Å². The minimum atomic E-state index is -3.71. The number of halogens is 2. The second-order valence-electron chi connectivity index (χ2n) is 6.76. The van der Waals surface area contributed by atoms with Crippen molar-refractivity contribution in [2.45, 2.75) is 4.90 Å². The monoisotopic (exact) mass is 431 g/mol. The van der Waals surface area contributed by atoms with E-state index in [4.69, 9.17) is 11.6 Å². The maximum Gasteiger partial charge on any atom is 0.243 e. The molecule has 5 nitrogen and oxygen atoms in total. The van der Waals surface area contributed by atoms with Crippen LogP contribution in [-0.4, -0.2) is 43.9 Å². The lowest BCUT2D eigenvalue weighted by molar-refractivity contribution is 0.383. The summed E-state index contributed by atoms with van der Waals surface area (Å²) in [7, 11) is -3.71. The Morgan fingerprint density at radius 1 is 0.897 bits per heavy atom. The standard InChI is InChI=1S/C21H19ClFN3O2S/c22-18-6-4-16(5-7-18)17-8-9-24-21(14-17)25-10-12-26(13-11-25)29(27,28)20-3-1-2-19(23)15-20/h1-9,14-15H,10-13H2. The largest absolute Gasteiger partial charge is 0.354 e. The van der Waals surface area contributed by atoms with Crippen LogP contribution in [0.1, 0.15) is 0 Å². The van der Waals surface area contributed by atoms with Crippen LogP contribution in [0.5, 0.6) is 0 Å². The summed E-state index contributed by atoms with van der Waals surface area (Å²) in [4.78, 5) is 6.48. The molecule has 2 aromatic carbocycles. The molecule has 1 aliphatic heterocycles. The van der Waals surface area contributed by atoms with Gasteiger partial charge < -0.3 is 4.90 Å². The topological polar surface area (TPSA) is 53.5 Å². The number of pyridine rings is 1. The highest BCUT2D eigenvalue weighted by Gasteiger charge is 2.29. The normalized spacial score (nSPS) is 15.4. The van der Waals surface area contributed by atoms with E-state index in [9.17, 15) is 12.8 Å². The molecule has 1 aromatic heterocycles. The number of piperazine rings is 1. The van der Waals surface area contributed by atoms with Crippen molar-refractivity contribution in [2.75, 3.05) is 31.1 Å². The molecule has 0 amide bonds. The van der Waals surface area contributed by atoms with Crippen molar-refractivity contribution in [3.63, 3.8) is 0 Å². The third-order valence-electron chi connectivity index (χ3n) is 4.92. The molecule has 0 N–H and O–H groups in total. The second kappa shape index (κ2) is 8.10. The first-order valence-corrected chi connectivity index (χ1v) is 11.0. The van der Waals surface area contributed by atoms with E-state index < -0.39 is 15.8 Å². The zero-order valence-corrected chi connectivity index (χ0v) is 17.1. The zero-order valence-electron chi connectivity index (χ0n) is 15.5. The third-order valence-corrected chi connectivity index (χ3v) is 7.07. The molecule has 1 saturated heterocycles. The van der Waals surface area contributed by atoms with Gasteiger partial charge in [-0.3, -0.25) is 0 Å². The van der Waals surface area contributed by atoms with Gasteiger partial charge in [0.25, 0.3) is 0 Å². The Morgan fingerprint density at radius 3 is 2.31 bits per heavy atom.